The Morgan fingerprint density at radius 1 is 1.06 bits per heavy atom. The zero-order valence-electron chi connectivity index (χ0n) is 17.0. The molecular formula is C25H19FO6. The van der Waals surface area contributed by atoms with Crippen LogP contribution in [-0.4, -0.2) is 12.8 Å². The lowest BCUT2D eigenvalue weighted by Gasteiger charge is -2.28. The van der Waals surface area contributed by atoms with Gasteiger partial charge in [0.1, 0.15) is 18.2 Å². The van der Waals surface area contributed by atoms with Gasteiger partial charge in [0, 0.05) is 22.8 Å². The highest BCUT2D eigenvalue weighted by Crippen LogP contribution is 2.37. The monoisotopic (exact) mass is 434 g/mol. The lowest BCUT2D eigenvalue weighted by atomic mass is 10.1. The molecule has 7 heteroatoms. The fourth-order valence-electron chi connectivity index (χ4n) is 3.54. The molecule has 0 amide bonds. The second-order valence-corrected chi connectivity index (χ2v) is 7.28. The SMILES string of the molecule is O=C(/C=C/c1ccc2c(c1)OCO2)OCc1cc(F)cc2c1OC(c1ccccc1)OC2. The summed E-state index contributed by atoms with van der Waals surface area (Å²) in [6.45, 7) is 0.240. The highest BCUT2D eigenvalue weighted by Gasteiger charge is 2.25. The first-order valence-corrected chi connectivity index (χ1v) is 10.0. The fraction of sp³-hybridized carbons (Fsp3) is 0.160. The van der Waals surface area contributed by atoms with Crippen molar-refractivity contribution >= 4 is 12.0 Å². The van der Waals surface area contributed by atoms with E-state index in [1.54, 1.807) is 24.3 Å². The van der Waals surface area contributed by atoms with Crippen molar-refractivity contribution in [2.75, 3.05) is 6.79 Å². The smallest absolute Gasteiger partial charge is 0.331 e. The van der Waals surface area contributed by atoms with Gasteiger partial charge in [0.05, 0.1) is 6.61 Å². The number of carbonyl (C=O) groups excluding carboxylic acids is 1. The number of fused-ring (bicyclic) bond motifs is 2. The second-order valence-electron chi connectivity index (χ2n) is 7.28. The Bertz CT molecular complexity index is 1170. The van der Waals surface area contributed by atoms with Crippen LogP contribution in [-0.2, 0) is 27.5 Å². The molecule has 1 unspecified atom stereocenters. The molecule has 6 nitrogen and oxygen atoms in total. The number of hydrogen-bond donors (Lipinski definition) is 0. The molecule has 2 aliphatic rings. The maximum atomic E-state index is 14.1. The van der Waals surface area contributed by atoms with Gasteiger partial charge in [-0.1, -0.05) is 36.4 Å². The Morgan fingerprint density at radius 3 is 2.78 bits per heavy atom. The molecule has 2 aliphatic heterocycles. The van der Waals surface area contributed by atoms with Crippen LogP contribution < -0.4 is 14.2 Å². The number of rotatable bonds is 5. The van der Waals surface area contributed by atoms with Gasteiger partial charge in [-0.05, 0) is 35.9 Å². The van der Waals surface area contributed by atoms with Crippen molar-refractivity contribution in [3.8, 4) is 17.2 Å². The van der Waals surface area contributed by atoms with Crippen molar-refractivity contribution < 1.29 is 32.9 Å². The Balaban J connectivity index is 1.27. The minimum atomic E-state index is -0.616. The van der Waals surface area contributed by atoms with E-state index in [0.717, 1.165) is 11.1 Å². The van der Waals surface area contributed by atoms with Crippen LogP contribution in [0.2, 0.25) is 0 Å². The third-order valence-electron chi connectivity index (χ3n) is 5.07. The highest BCUT2D eigenvalue weighted by molar-refractivity contribution is 5.87. The van der Waals surface area contributed by atoms with Crippen molar-refractivity contribution in [2.45, 2.75) is 19.5 Å². The minimum absolute atomic E-state index is 0.133. The third-order valence-corrected chi connectivity index (χ3v) is 5.07. The van der Waals surface area contributed by atoms with Gasteiger partial charge < -0.3 is 23.7 Å². The maximum Gasteiger partial charge on any atom is 0.331 e. The number of hydrogen-bond acceptors (Lipinski definition) is 6. The van der Waals surface area contributed by atoms with Crippen molar-refractivity contribution in [1.82, 2.24) is 0 Å². The van der Waals surface area contributed by atoms with Crippen LogP contribution in [0, 0.1) is 5.82 Å². The van der Waals surface area contributed by atoms with E-state index < -0.39 is 18.1 Å². The van der Waals surface area contributed by atoms with Gasteiger partial charge in [-0.15, -0.1) is 0 Å². The molecule has 1 atom stereocenters. The first-order valence-electron chi connectivity index (χ1n) is 10.0. The van der Waals surface area contributed by atoms with Crippen molar-refractivity contribution in [2.24, 2.45) is 0 Å². The quantitative estimate of drug-likeness (QED) is 0.420. The van der Waals surface area contributed by atoms with Crippen LogP contribution in [0.5, 0.6) is 17.2 Å². The Hall–Kier alpha value is -3.84. The summed E-state index contributed by atoms with van der Waals surface area (Å²) in [5.41, 5.74) is 2.62. The molecule has 5 rings (SSSR count). The summed E-state index contributed by atoms with van der Waals surface area (Å²) in [5.74, 6) is 0.750. The van der Waals surface area contributed by atoms with E-state index in [2.05, 4.69) is 0 Å². The maximum absolute atomic E-state index is 14.1. The van der Waals surface area contributed by atoms with Gasteiger partial charge in [-0.2, -0.15) is 0 Å². The standard InChI is InChI=1S/C25H19FO6/c26-20-11-18(24-19(12-20)14-29-25(32-24)17-4-2-1-3-5-17)13-28-23(27)9-7-16-6-8-21-22(10-16)31-15-30-21/h1-12,25H,13-15H2/b9-7+. The predicted octanol–water partition coefficient (Wildman–Crippen LogP) is 4.92. The molecule has 0 radical (unpaired) electrons. The predicted molar refractivity (Wildman–Crippen MR) is 112 cm³/mol. The topological polar surface area (TPSA) is 63.2 Å². The van der Waals surface area contributed by atoms with Gasteiger partial charge >= 0.3 is 5.97 Å². The summed E-state index contributed by atoms with van der Waals surface area (Å²) in [6, 6.07) is 17.5. The number of carbonyl (C=O) groups is 1. The summed E-state index contributed by atoms with van der Waals surface area (Å²) in [6.07, 6.45) is 2.30. The molecule has 32 heavy (non-hydrogen) atoms. The summed E-state index contributed by atoms with van der Waals surface area (Å²) >= 11 is 0. The first-order chi connectivity index (χ1) is 15.7. The van der Waals surface area contributed by atoms with Crippen LogP contribution in [0.4, 0.5) is 4.39 Å². The van der Waals surface area contributed by atoms with E-state index in [4.69, 9.17) is 23.7 Å². The normalized spacial score (nSPS) is 16.5. The minimum Gasteiger partial charge on any atom is -0.460 e. The molecule has 0 fully saturated rings. The van der Waals surface area contributed by atoms with Gasteiger partial charge in [-0.3, -0.25) is 0 Å². The Morgan fingerprint density at radius 2 is 1.91 bits per heavy atom. The van der Waals surface area contributed by atoms with Gasteiger partial charge in [0.15, 0.2) is 11.5 Å². The van der Waals surface area contributed by atoms with Crippen LogP contribution in [0.3, 0.4) is 0 Å². The number of esters is 1. The molecule has 0 saturated carbocycles. The average Bonchev–Trinajstić information content (AvgIpc) is 3.29. The van der Waals surface area contributed by atoms with Gasteiger partial charge in [0.2, 0.25) is 13.1 Å². The third kappa shape index (κ3) is 4.29. The lowest BCUT2D eigenvalue weighted by molar-refractivity contribution is -0.139. The molecule has 2 heterocycles. The van der Waals surface area contributed by atoms with Crippen LogP contribution in [0.25, 0.3) is 6.08 Å². The summed E-state index contributed by atoms with van der Waals surface area (Å²) < 4.78 is 41.7. The van der Waals surface area contributed by atoms with E-state index in [9.17, 15) is 9.18 Å². The molecule has 0 aromatic heterocycles. The molecule has 0 spiro atoms. The number of halogens is 1. The highest BCUT2D eigenvalue weighted by atomic mass is 19.1. The van der Waals surface area contributed by atoms with Crippen LogP contribution in [0.15, 0.2) is 66.7 Å². The molecule has 0 N–H and O–H groups in total. The van der Waals surface area contributed by atoms with E-state index >= 15 is 0 Å². The van der Waals surface area contributed by atoms with Gasteiger partial charge in [-0.25, -0.2) is 9.18 Å². The Kier molecular flexibility index (Phi) is 5.47. The summed E-state index contributed by atoms with van der Waals surface area (Å²) in [7, 11) is 0. The number of ether oxygens (including phenoxy) is 5. The zero-order valence-corrected chi connectivity index (χ0v) is 17.0. The van der Waals surface area contributed by atoms with Gasteiger partial charge in [0.25, 0.3) is 0 Å². The van der Waals surface area contributed by atoms with Crippen molar-refractivity contribution in [3.05, 3.63) is 94.8 Å². The van der Waals surface area contributed by atoms with Crippen molar-refractivity contribution in [1.29, 1.82) is 0 Å². The zero-order chi connectivity index (χ0) is 21.9. The van der Waals surface area contributed by atoms with E-state index in [1.165, 1.54) is 18.2 Å². The molecule has 0 bridgehead atoms. The van der Waals surface area contributed by atoms with Crippen molar-refractivity contribution in [3.63, 3.8) is 0 Å². The van der Waals surface area contributed by atoms with Crippen LogP contribution >= 0.6 is 0 Å². The second kappa shape index (κ2) is 8.72. The van der Waals surface area contributed by atoms with Crippen LogP contribution in [0.1, 0.15) is 28.5 Å². The van der Waals surface area contributed by atoms with E-state index in [-0.39, 0.29) is 20.0 Å². The fourth-order valence-corrected chi connectivity index (χ4v) is 3.54. The molecule has 162 valence electrons. The Labute approximate surface area is 183 Å². The molecular weight excluding hydrogens is 415 g/mol. The lowest BCUT2D eigenvalue weighted by Crippen LogP contribution is -2.19. The first kappa shape index (κ1) is 20.1. The van der Waals surface area contributed by atoms with E-state index in [0.29, 0.717) is 28.4 Å². The average molecular weight is 434 g/mol. The summed E-state index contributed by atoms with van der Waals surface area (Å²) in [5, 5.41) is 0. The molecule has 3 aromatic rings. The molecule has 0 saturated heterocycles. The van der Waals surface area contributed by atoms with E-state index in [1.807, 2.05) is 30.3 Å². The number of benzene rings is 3. The summed E-state index contributed by atoms with van der Waals surface area (Å²) in [4.78, 5) is 12.2. The molecule has 0 aliphatic carbocycles. The largest absolute Gasteiger partial charge is 0.460 e. The molecule has 3 aromatic carbocycles.